The first-order valence-electron chi connectivity index (χ1n) is 8.02. The lowest BCUT2D eigenvalue weighted by atomic mass is 10.1. The van der Waals surface area contributed by atoms with Crippen molar-refractivity contribution in [3.63, 3.8) is 0 Å². The van der Waals surface area contributed by atoms with Crippen molar-refractivity contribution in [3.8, 4) is 11.5 Å². The summed E-state index contributed by atoms with van der Waals surface area (Å²) in [5, 5.41) is 5.17. The third-order valence-electron chi connectivity index (χ3n) is 3.95. The maximum atomic E-state index is 12.3. The molecule has 3 aromatic rings. The van der Waals surface area contributed by atoms with E-state index in [1.54, 1.807) is 20.3 Å². The number of methoxy groups -OCH3 is 2. The third-order valence-corrected chi connectivity index (χ3v) is 4.77. The van der Waals surface area contributed by atoms with Crippen LogP contribution in [-0.4, -0.2) is 36.2 Å². The lowest BCUT2D eigenvalue weighted by molar-refractivity contribution is -0.121. The Morgan fingerprint density at radius 1 is 1.23 bits per heavy atom. The molecule has 0 aliphatic rings. The largest absolute Gasteiger partial charge is 0.493 e. The average molecular weight is 373 g/mol. The summed E-state index contributed by atoms with van der Waals surface area (Å²) in [6.07, 6.45) is 2.05. The minimum atomic E-state index is -0.232. The number of hydrogen-bond acceptors (Lipinski definition) is 6. The van der Waals surface area contributed by atoms with Crippen molar-refractivity contribution in [1.82, 2.24) is 14.9 Å². The van der Waals surface area contributed by atoms with E-state index in [-0.39, 0.29) is 18.0 Å². The molecular formula is C18H19N3O4S. The van der Waals surface area contributed by atoms with Gasteiger partial charge in [-0.1, -0.05) is 6.07 Å². The van der Waals surface area contributed by atoms with E-state index in [2.05, 4.69) is 10.3 Å². The molecule has 0 fully saturated rings. The van der Waals surface area contributed by atoms with Crippen LogP contribution in [0.3, 0.4) is 0 Å². The number of benzene rings is 1. The molecule has 26 heavy (non-hydrogen) atoms. The van der Waals surface area contributed by atoms with Crippen LogP contribution in [0.15, 0.2) is 40.8 Å². The highest BCUT2D eigenvalue weighted by molar-refractivity contribution is 7.16. The number of nitrogens with one attached hydrogen (secondary N) is 1. The Kier molecular flexibility index (Phi) is 5.52. The predicted octanol–water partition coefficient (Wildman–Crippen LogP) is 1.83. The van der Waals surface area contributed by atoms with Gasteiger partial charge in [-0.3, -0.25) is 14.2 Å². The zero-order chi connectivity index (χ0) is 18.5. The molecule has 1 aromatic carbocycles. The number of hydrogen-bond donors (Lipinski definition) is 1. The highest BCUT2D eigenvalue weighted by Crippen LogP contribution is 2.27. The first-order chi connectivity index (χ1) is 12.6. The Morgan fingerprint density at radius 3 is 2.81 bits per heavy atom. The van der Waals surface area contributed by atoms with Gasteiger partial charge in [0.15, 0.2) is 11.5 Å². The van der Waals surface area contributed by atoms with E-state index >= 15 is 0 Å². The molecule has 0 saturated carbocycles. The fourth-order valence-electron chi connectivity index (χ4n) is 2.60. The SMILES string of the molecule is COc1ccc(CCNC(=O)Cn2cnc3sccc3c2=O)cc1OC. The number of fused-ring (bicyclic) bond motifs is 1. The molecule has 3 rings (SSSR count). The van der Waals surface area contributed by atoms with Gasteiger partial charge in [0.25, 0.3) is 5.56 Å². The van der Waals surface area contributed by atoms with Crippen LogP contribution in [-0.2, 0) is 17.8 Å². The number of carbonyl (C=O) groups excluding carboxylic acids is 1. The number of carbonyl (C=O) groups is 1. The number of amides is 1. The van der Waals surface area contributed by atoms with Crippen LogP contribution in [0, 0.1) is 0 Å². The normalized spacial score (nSPS) is 10.7. The Bertz CT molecular complexity index is 980. The minimum absolute atomic E-state index is 0.0520. The molecule has 2 heterocycles. The van der Waals surface area contributed by atoms with Crippen LogP contribution in [0.4, 0.5) is 0 Å². The van der Waals surface area contributed by atoms with E-state index < -0.39 is 0 Å². The van der Waals surface area contributed by atoms with Crippen molar-refractivity contribution < 1.29 is 14.3 Å². The summed E-state index contributed by atoms with van der Waals surface area (Å²) in [4.78, 5) is 29.3. The highest BCUT2D eigenvalue weighted by atomic mass is 32.1. The molecule has 0 saturated heterocycles. The van der Waals surface area contributed by atoms with Crippen LogP contribution < -0.4 is 20.3 Å². The minimum Gasteiger partial charge on any atom is -0.493 e. The van der Waals surface area contributed by atoms with Crippen LogP contribution >= 0.6 is 11.3 Å². The quantitative estimate of drug-likeness (QED) is 0.683. The van der Waals surface area contributed by atoms with Gasteiger partial charge in [0, 0.05) is 6.54 Å². The predicted molar refractivity (Wildman–Crippen MR) is 100 cm³/mol. The molecule has 136 valence electrons. The summed E-state index contributed by atoms with van der Waals surface area (Å²) < 4.78 is 11.8. The molecule has 8 heteroatoms. The van der Waals surface area contributed by atoms with Gasteiger partial charge in [-0.15, -0.1) is 11.3 Å². The second-order valence-corrected chi connectivity index (χ2v) is 6.50. The molecule has 0 aliphatic carbocycles. The highest BCUT2D eigenvalue weighted by Gasteiger charge is 2.09. The van der Waals surface area contributed by atoms with Crippen molar-refractivity contribution >= 4 is 27.5 Å². The van der Waals surface area contributed by atoms with Crippen molar-refractivity contribution in [2.45, 2.75) is 13.0 Å². The first-order valence-corrected chi connectivity index (χ1v) is 8.90. The summed E-state index contributed by atoms with van der Waals surface area (Å²) in [5.41, 5.74) is 0.813. The zero-order valence-electron chi connectivity index (χ0n) is 14.5. The van der Waals surface area contributed by atoms with E-state index in [4.69, 9.17) is 9.47 Å². The summed E-state index contributed by atoms with van der Waals surface area (Å²) in [7, 11) is 3.17. The van der Waals surface area contributed by atoms with Gasteiger partial charge in [0.05, 0.1) is 25.9 Å². The van der Waals surface area contributed by atoms with Crippen molar-refractivity contribution in [1.29, 1.82) is 0 Å². The number of ether oxygens (including phenoxy) is 2. The molecular weight excluding hydrogens is 354 g/mol. The van der Waals surface area contributed by atoms with Gasteiger partial charge >= 0.3 is 0 Å². The second-order valence-electron chi connectivity index (χ2n) is 5.61. The molecule has 0 atom stereocenters. The van der Waals surface area contributed by atoms with Gasteiger partial charge in [-0.25, -0.2) is 4.98 Å². The molecule has 7 nitrogen and oxygen atoms in total. The Labute approximate surface area is 154 Å². The maximum absolute atomic E-state index is 12.3. The number of rotatable bonds is 7. The lowest BCUT2D eigenvalue weighted by Crippen LogP contribution is -2.33. The van der Waals surface area contributed by atoms with Crippen LogP contribution in [0.5, 0.6) is 11.5 Å². The third kappa shape index (κ3) is 3.85. The monoisotopic (exact) mass is 373 g/mol. The fourth-order valence-corrected chi connectivity index (χ4v) is 3.32. The second kappa shape index (κ2) is 8.01. The molecule has 0 unspecified atom stereocenters. The van der Waals surface area contributed by atoms with Gasteiger partial charge < -0.3 is 14.8 Å². The van der Waals surface area contributed by atoms with Crippen molar-refractivity contribution in [3.05, 3.63) is 51.9 Å². The molecule has 1 amide bonds. The van der Waals surface area contributed by atoms with Crippen molar-refractivity contribution in [2.24, 2.45) is 0 Å². The molecule has 2 aromatic heterocycles. The summed E-state index contributed by atoms with van der Waals surface area (Å²) in [5.74, 6) is 1.08. The molecule has 0 aliphatic heterocycles. The Morgan fingerprint density at radius 2 is 2.04 bits per heavy atom. The number of thiophene rings is 1. The van der Waals surface area contributed by atoms with Gasteiger partial charge in [-0.05, 0) is 35.6 Å². The standard InChI is InChI=1S/C18H19N3O4S/c1-24-14-4-3-12(9-15(14)25-2)5-7-19-16(22)10-21-11-20-17-13(18(21)23)6-8-26-17/h3-4,6,8-9,11H,5,7,10H2,1-2H3,(H,19,22). The smallest absolute Gasteiger partial charge is 0.262 e. The van der Waals surface area contributed by atoms with E-state index in [1.807, 2.05) is 23.6 Å². The van der Waals surface area contributed by atoms with Gasteiger partial charge in [-0.2, -0.15) is 0 Å². The van der Waals surface area contributed by atoms with E-state index in [1.165, 1.54) is 22.2 Å². The van der Waals surface area contributed by atoms with Gasteiger partial charge in [0.2, 0.25) is 5.91 Å². The lowest BCUT2D eigenvalue weighted by Gasteiger charge is -2.10. The van der Waals surface area contributed by atoms with Crippen LogP contribution in [0.25, 0.3) is 10.2 Å². The number of nitrogens with zero attached hydrogens (tertiary/aromatic N) is 2. The molecule has 0 bridgehead atoms. The Hall–Kier alpha value is -2.87. The average Bonchev–Trinajstić information content (AvgIpc) is 3.13. The summed E-state index contributed by atoms with van der Waals surface area (Å²) in [6, 6.07) is 7.36. The first kappa shape index (κ1) is 17.9. The van der Waals surface area contributed by atoms with E-state index in [0.29, 0.717) is 34.7 Å². The molecule has 1 N–H and O–H groups in total. The topological polar surface area (TPSA) is 82.5 Å². The van der Waals surface area contributed by atoms with Gasteiger partial charge in [0.1, 0.15) is 11.4 Å². The number of aromatic nitrogens is 2. The zero-order valence-corrected chi connectivity index (χ0v) is 15.3. The van der Waals surface area contributed by atoms with E-state index in [0.717, 1.165) is 5.56 Å². The maximum Gasteiger partial charge on any atom is 0.262 e. The molecule has 0 radical (unpaired) electrons. The molecule has 0 spiro atoms. The van der Waals surface area contributed by atoms with Crippen LogP contribution in [0.1, 0.15) is 5.56 Å². The van der Waals surface area contributed by atoms with E-state index in [9.17, 15) is 9.59 Å². The Balaban J connectivity index is 1.57. The summed E-state index contributed by atoms with van der Waals surface area (Å²) in [6.45, 7) is 0.404. The summed E-state index contributed by atoms with van der Waals surface area (Å²) >= 11 is 1.40. The van der Waals surface area contributed by atoms with Crippen LogP contribution in [0.2, 0.25) is 0 Å². The van der Waals surface area contributed by atoms with Crippen molar-refractivity contribution in [2.75, 3.05) is 20.8 Å². The fraction of sp³-hybridized carbons (Fsp3) is 0.278.